The van der Waals surface area contributed by atoms with Crippen LogP contribution in [0.2, 0.25) is 0 Å². The molecule has 0 radical (unpaired) electrons. The van der Waals surface area contributed by atoms with E-state index in [1.54, 1.807) is 4.90 Å². The fraction of sp³-hybridized carbons (Fsp3) is 0.385. The molecule has 3 N–H and O–H groups in total. The van der Waals surface area contributed by atoms with Crippen LogP contribution in [0.1, 0.15) is 11.1 Å². The maximum absolute atomic E-state index is 12.0. The van der Waals surface area contributed by atoms with Gasteiger partial charge in [-0.15, -0.1) is 0 Å². The van der Waals surface area contributed by atoms with Gasteiger partial charge in [0.25, 0.3) is 0 Å². The molecule has 2 amide bonds. The van der Waals surface area contributed by atoms with Crippen LogP contribution in [0, 0.1) is 0 Å². The maximum Gasteiger partial charge on any atom is 0.239 e. The van der Waals surface area contributed by atoms with Crippen molar-refractivity contribution >= 4 is 11.8 Å². The molecule has 0 spiro atoms. The maximum atomic E-state index is 12.0. The normalized spacial score (nSPS) is 15.4. The first-order valence-electron chi connectivity index (χ1n) is 6.01. The van der Waals surface area contributed by atoms with Crippen LogP contribution in [0.5, 0.6) is 0 Å². The van der Waals surface area contributed by atoms with Crippen LogP contribution in [0.25, 0.3) is 0 Å². The van der Waals surface area contributed by atoms with E-state index in [2.05, 4.69) is 5.32 Å². The Morgan fingerprint density at radius 2 is 1.94 bits per heavy atom. The second-order valence-electron chi connectivity index (χ2n) is 4.36. The van der Waals surface area contributed by atoms with E-state index >= 15 is 0 Å². The number of rotatable bonds is 3. The molecular formula is C13H17N3O2. The van der Waals surface area contributed by atoms with Crippen molar-refractivity contribution in [2.24, 2.45) is 5.73 Å². The van der Waals surface area contributed by atoms with Gasteiger partial charge in [-0.2, -0.15) is 0 Å². The Labute approximate surface area is 106 Å². The van der Waals surface area contributed by atoms with Gasteiger partial charge in [0, 0.05) is 19.6 Å². The number of nitrogens with two attached hydrogens (primary N) is 1. The number of hydrogen-bond acceptors (Lipinski definition) is 3. The highest BCUT2D eigenvalue weighted by Gasteiger charge is 2.20. The van der Waals surface area contributed by atoms with Crippen molar-refractivity contribution in [3.8, 4) is 0 Å². The molecule has 2 rings (SSSR count). The Kier molecular flexibility index (Phi) is 3.94. The molecule has 0 saturated carbocycles. The summed E-state index contributed by atoms with van der Waals surface area (Å²) in [5.74, 6) is -0.0987. The second-order valence-corrected chi connectivity index (χ2v) is 4.36. The quantitative estimate of drug-likeness (QED) is 0.766. The Morgan fingerprint density at radius 3 is 2.56 bits per heavy atom. The zero-order chi connectivity index (χ0) is 13.0. The predicted octanol–water partition coefficient (Wildman–Crippen LogP) is -0.354. The van der Waals surface area contributed by atoms with Gasteiger partial charge in [0.1, 0.15) is 0 Å². The van der Waals surface area contributed by atoms with Gasteiger partial charge in [0.05, 0.1) is 13.0 Å². The lowest BCUT2D eigenvalue weighted by atomic mass is 10.1. The fourth-order valence-electron chi connectivity index (χ4n) is 1.93. The van der Waals surface area contributed by atoms with Crippen molar-refractivity contribution < 1.29 is 9.59 Å². The number of carbonyl (C=O) groups excluding carboxylic acids is 2. The molecule has 18 heavy (non-hydrogen) atoms. The molecule has 0 bridgehead atoms. The molecule has 0 atom stereocenters. The number of benzene rings is 1. The van der Waals surface area contributed by atoms with Crippen LogP contribution in [-0.2, 0) is 22.6 Å². The Hall–Kier alpha value is -1.88. The van der Waals surface area contributed by atoms with E-state index in [0.29, 0.717) is 26.1 Å². The summed E-state index contributed by atoms with van der Waals surface area (Å²) in [5.41, 5.74) is 7.51. The van der Waals surface area contributed by atoms with Crippen LogP contribution in [0.4, 0.5) is 0 Å². The lowest BCUT2D eigenvalue weighted by Gasteiger charge is -2.26. The number of piperazine rings is 1. The summed E-state index contributed by atoms with van der Waals surface area (Å²) in [5, 5.41) is 2.70. The van der Waals surface area contributed by atoms with Crippen LogP contribution >= 0.6 is 0 Å². The summed E-state index contributed by atoms with van der Waals surface area (Å²) in [6.07, 6.45) is 0.331. The predicted molar refractivity (Wildman–Crippen MR) is 67.6 cm³/mol. The van der Waals surface area contributed by atoms with Crippen molar-refractivity contribution in [2.45, 2.75) is 13.0 Å². The molecule has 0 aromatic heterocycles. The molecule has 96 valence electrons. The minimum Gasteiger partial charge on any atom is -0.353 e. The average molecular weight is 247 g/mol. The third-order valence-electron chi connectivity index (χ3n) is 3.01. The number of nitrogens with one attached hydrogen (secondary N) is 1. The van der Waals surface area contributed by atoms with Crippen LogP contribution < -0.4 is 11.1 Å². The van der Waals surface area contributed by atoms with Crippen molar-refractivity contribution in [3.63, 3.8) is 0 Å². The molecular weight excluding hydrogens is 230 g/mol. The van der Waals surface area contributed by atoms with Gasteiger partial charge >= 0.3 is 0 Å². The largest absolute Gasteiger partial charge is 0.353 e. The van der Waals surface area contributed by atoms with Gasteiger partial charge in [-0.25, -0.2) is 0 Å². The highest BCUT2D eigenvalue weighted by atomic mass is 16.2. The molecule has 1 saturated heterocycles. The number of hydrogen-bond donors (Lipinski definition) is 2. The van der Waals surface area contributed by atoms with Gasteiger partial charge < -0.3 is 16.0 Å². The summed E-state index contributed by atoms with van der Waals surface area (Å²) in [6.45, 7) is 1.79. The lowest BCUT2D eigenvalue weighted by molar-refractivity contribution is -0.137. The summed E-state index contributed by atoms with van der Waals surface area (Å²) in [6, 6.07) is 7.66. The fourth-order valence-corrected chi connectivity index (χ4v) is 1.93. The zero-order valence-electron chi connectivity index (χ0n) is 10.2. The minimum absolute atomic E-state index is 0.00894. The van der Waals surface area contributed by atoms with Gasteiger partial charge in [0.2, 0.25) is 11.8 Å². The van der Waals surface area contributed by atoms with E-state index < -0.39 is 0 Å². The summed E-state index contributed by atoms with van der Waals surface area (Å²) in [4.78, 5) is 24.8. The van der Waals surface area contributed by atoms with Crippen molar-refractivity contribution in [2.75, 3.05) is 19.6 Å². The van der Waals surface area contributed by atoms with Crippen LogP contribution in [-0.4, -0.2) is 36.3 Å². The van der Waals surface area contributed by atoms with E-state index in [0.717, 1.165) is 11.1 Å². The van der Waals surface area contributed by atoms with Gasteiger partial charge in [-0.3, -0.25) is 9.59 Å². The van der Waals surface area contributed by atoms with E-state index in [1.165, 1.54) is 0 Å². The Bertz CT molecular complexity index is 442. The molecule has 1 aliphatic heterocycles. The van der Waals surface area contributed by atoms with E-state index in [9.17, 15) is 9.59 Å². The van der Waals surface area contributed by atoms with Crippen molar-refractivity contribution in [1.29, 1.82) is 0 Å². The first-order chi connectivity index (χ1) is 8.69. The Morgan fingerprint density at radius 1 is 1.28 bits per heavy atom. The van der Waals surface area contributed by atoms with E-state index in [1.807, 2.05) is 24.3 Å². The smallest absolute Gasteiger partial charge is 0.239 e. The van der Waals surface area contributed by atoms with E-state index in [-0.39, 0.29) is 18.4 Å². The van der Waals surface area contributed by atoms with Gasteiger partial charge in [-0.1, -0.05) is 24.3 Å². The third kappa shape index (κ3) is 3.07. The van der Waals surface area contributed by atoms with Crippen LogP contribution in [0.15, 0.2) is 24.3 Å². The Balaban J connectivity index is 1.95. The summed E-state index contributed by atoms with van der Waals surface area (Å²) >= 11 is 0. The third-order valence-corrected chi connectivity index (χ3v) is 3.01. The number of carbonyl (C=O) groups is 2. The molecule has 1 aliphatic rings. The first-order valence-corrected chi connectivity index (χ1v) is 6.01. The highest BCUT2D eigenvalue weighted by molar-refractivity contribution is 5.86. The monoisotopic (exact) mass is 247 g/mol. The molecule has 1 fully saturated rings. The highest BCUT2D eigenvalue weighted by Crippen LogP contribution is 2.07. The topological polar surface area (TPSA) is 75.4 Å². The molecule has 0 aliphatic carbocycles. The molecule has 5 heteroatoms. The van der Waals surface area contributed by atoms with E-state index in [4.69, 9.17) is 5.73 Å². The average Bonchev–Trinajstić information content (AvgIpc) is 2.39. The van der Waals surface area contributed by atoms with Crippen molar-refractivity contribution in [3.05, 3.63) is 35.4 Å². The standard InChI is InChI=1S/C13H17N3O2/c14-8-11-3-1-10(2-4-11)7-13(18)16-6-5-15-12(17)9-16/h1-4H,5-9,14H2,(H,15,17). The summed E-state index contributed by atoms with van der Waals surface area (Å²) in [7, 11) is 0. The molecule has 1 heterocycles. The number of nitrogens with zero attached hydrogens (tertiary/aromatic N) is 1. The SMILES string of the molecule is NCc1ccc(CC(=O)N2CCNC(=O)C2)cc1. The molecule has 5 nitrogen and oxygen atoms in total. The number of amides is 2. The van der Waals surface area contributed by atoms with Crippen LogP contribution in [0.3, 0.4) is 0 Å². The lowest BCUT2D eigenvalue weighted by Crippen LogP contribution is -2.50. The first kappa shape index (κ1) is 12.6. The molecule has 1 aromatic rings. The zero-order valence-corrected chi connectivity index (χ0v) is 10.2. The van der Waals surface area contributed by atoms with Gasteiger partial charge in [-0.05, 0) is 11.1 Å². The van der Waals surface area contributed by atoms with Gasteiger partial charge in [0.15, 0.2) is 0 Å². The molecule has 0 unspecified atom stereocenters. The molecule has 1 aromatic carbocycles. The summed E-state index contributed by atoms with van der Waals surface area (Å²) < 4.78 is 0. The second kappa shape index (κ2) is 5.64. The minimum atomic E-state index is -0.0897. The van der Waals surface area contributed by atoms with Crippen molar-refractivity contribution in [1.82, 2.24) is 10.2 Å².